The highest BCUT2D eigenvalue weighted by Crippen LogP contribution is 2.18. The number of thiophene rings is 1. The second kappa shape index (κ2) is 5.98. The highest BCUT2D eigenvalue weighted by Gasteiger charge is 2.20. The monoisotopic (exact) mass is 262 g/mol. The first kappa shape index (κ1) is 13.9. The van der Waals surface area contributed by atoms with E-state index < -0.39 is 5.60 Å². The Morgan fingerprint density at radius 2 is 2.25 bits per heavy atom. The number of nitrogens with one attached hydrogen (secondary N) is 1. The quantitative estimate of drug-likeness (QED) is 0.821. The third kappa shape index (κ3) is 5.27. The summed E-state index contributed by atoms with van der Waals surface area (Å²) in [7, 11) is 3.90. The van der Waals surface area contributed by atoms with Crippen LogP contribution >= 0.6 is 22.9 Å². The van der Waals surface area contributed by atoms with E-state index in [1.807, 2.05) is 37.4 Å². The number of halogens is 1. The second-order valence-corrected chi connectivity index (χ2v) is 6.00. The van der Waals surface area contributed by atoms with Gasteiger partial charge in [-0.25, -0.2) is 0 Å². The molecule has 1 atom stereocenters. The minimum Gasteiger partial charge on any atom is -0.388 e. The average Bonchev–Trinajstić information content (AvgIpc) is 2.48. The second-order valence-electron chi connectivity index (χ2n) is 4.57. The van der Waals surface area contributed by atoms with Gasteiger partial charge in [0.2, 0.25) is 0 Å². The van der Waals surface area contributed by atoms with Crippen molar-refractivity contribution in [3.63, 3.8) is 0 Å². The summed E-state index contributed by atoms with van der Waals surface area (Å²) in [4.78, 5) is 3.16. The minimum absolute atomic E-state index is 0.570. The van der Waals surface area contributed by atoms with Gasteiger partial charge in [-0.2, -0.15) is 0 Å². The van der Waals surface area contributed by atoms with Crippen molar-refractivity contribution in [2.75, 3.05) is 27.2 Å². The molecule has 0 fully saturated rings. The van der Waals surface area contributed by atoms with E-state index >= 15 is 0 Å². The maximum Gasteiger partial charge on any atom is 0.0869 e. The van der Waals surface area contributed by atoms with E-state index in [0.29, 0.717) is 13.1 Å². The predicted molar refractivity (Wildman–Crippen MR) is 70.2 cm³/mol. The Balaban J connectivity index is 2.29. The fraction of sp³-hybridized carbons (Fsp3) is 0.636. The van der Waals surface area contributed by atoms with Gasteiger partial charge in [-0.15, -0.1) is 11.3 Å². The third-order valence-electron chi connectivity index (χ3n) is 2.08. The van der Waals surface area contributed by atoms with Crippen LogP contribution in [0.4, 0.5) is 0 Å². The van der Waals surface area contributed by atoms with E-state index in [9.17, 15) is 5.11 Å². The van der Waals surface area contributed by atoms with Crippen LogP contribution in [0.15, 0.2) is 11.4 Å². The normalized spacial score (nSPS) is 15.4. The topological polar surface area (TPSA) is 35.5 Å². The lowest BCUT2D eigenvalue weighted by molar-refractivity contribution is 0.0336. The van der Waals surface area contributed by atoms with E-state index in [2.05, 4.69) is 5.32 Å². The molecule has 3 nitrogen and oxygen atoms in total. The molecule has 0 spiro atoms. The molecule has 0 aliphatic rings. The van der Waals surface area contributed by atoms with Crippen LogP contribution < -0.4 is 5.32 Å². The van der Waals surface area contributed by atoms with E-state index in [-0.39, 0.29) is 0 Å². The number of hydrogen-bond donors (Lipinski definition) is 2. The summed E-state index contributed by atoms with van der Waals surface area (Å²) in [5.41, 5.74) is -0.704. The first-order valence-corrected chi connectivity index (χ1v) is 6.45. The van der Waals surface area contributed by atoms with E-state index in [0.717, 1.165) is 11.6 Å². The molecule has 0 bridgehead atoms. The number of nitrogens with zero attached hydrogens (tertiary/aromatic N) is 1. The fourth-order valence-corrected chi connectivity index (χ4v) is 2.68. The molecule has 5 heteroatoms. The van der Waals surface area contributed by atoms with Crippen molar-refractivity contribution in [1.82, 2.24) is 10.2 Å². The molecule has 0 radical (unpaired) electrons. The van der Waals surface area contributed by atoms with Gasteiger partial charge in [0.1, 0.15) is 0 Å². The molecule has 0 aromatic carbocycles. The van der Waals surface area contributed by atoms with Gasteiger partial charge < -0.3 is 15.3 Å². The summed E-state index contributed by atoms with van der Waals surface area (Å²) < 4.78 is 0. The van der Waals surface area contributed by atoms with Crippen LogP contribution in [0.5, 0.6) is 0 Å². The zero-order valence-corrected chi connectivity index (χ0v) is 11.5. The van der Waals surface area contributed by atoms with Gasteiger partial charge in [0.25, 0.3) is 0 Å². The molecule has 1 heterocycles. The van der Waals surface area contributed by atoms with E-state index in [4.69, 9.17) is 11.6 Å². The van der Waals surface area contributed by atoms with Crippen LogP contribution in [0.1, 0.15) is 11.8 Å². The van der Waals surface area contributed by atoms with Gasteiger partial charge in [0, 0.05) is 29.9 Å². The standard InChI is InChI=1S/C11H19ClN2OS/c1-11(15,8-14(2)3)7-13-5-10-4-9(12)6-16-10/h4,6,13,15H,5,7-8H2,1-3H3. The number of aliphatic hydroxyl groups is 1. The Morgan fingerprint density at radius 3 is 2.75 bits per heavy atom. The lowest BCUT2D eigenvalue weighted by Crippen LogP contribution is -2.45. The van der Waals surface area contributed by atoms with Crippen molar-refractivity contribution in [3.05, 3.63) is 21.3 Å². The van der Waals surface area contributed by atoms with Crippen LogP contribution in [0.2, 0.25) is 5.02 Å². The highest BCUT2D eigenvalue weighted by atomic mass is 35.5. The summed E-state index contributed by atoms with van der Waals surface area (Å²) >= 11 is 7.45. The molecule has 2 N–H and O–H groups in total. The minimum atomic E-state index is -0.704. The van der Waals surface area contributed by atoms with Gasteiger partial charge in [0.15, 0.2) is 0 Å². The Labute approximate surface area is 106 Å². The van der Waals surface area contributed by atoms with Crippen LogP contribution in [0, 0.1) is 0 Å². The summed E-state index contributed by atoms with van der Waals surface area (Å²) in [5.74, 6) is 0. The zero-order valence-electron chi connectivity index (χ0n) is 9.96. The van der Waals surface area contributed by atoms with Gasteiger partial charge in [-0.3, -0.25) is 0 Å². The SMILES string of the molecule is CN(C)CC(C)(O)CNCc1cc(Cl)cs1. The molecule has 1 rings (SSSR count). The molecule has 0 saturated heterocycles. The van der Waals surface area contributed by atoms with E-state index in [1.54, 1.807) is 11.3 Å². The van der Waals surface area contributed by atoms with Crippen molar-refractivity contribution in [2.45, 2.75) is 19.1 Å². The summed E-state index contributed by atoms with van der Waals surface area (Å²) in [6.07, 6.45) is 0. The maximum absolute atomic E-state index is 10.0. The molecule has 0 aliphatic heterocycles. The Bertz CT molecular complexity index is 326. The molecule has 16 heavy (non-hydrogen) atoms. The van der Waals surface area contributed by atoms with Crippen LogP contribution in [-0.4, -0.2) is 42.8 Å². The van der Waals surface area contributed by atoms with Gasteiger partial charge in [-0.1, -0.05) is 11.6 Å². The molecular weight excluding hydrogens is 244 g/mol. The molecule has 0 amide bonds. The first-order chi connectivity index (χ1) is 7.39. The molecule has 1 aromatic rings. The van der Waals surface area contributed by atoms with Crippen molar-refractivity contribution in [2.24, 2.45) is 0 Å². The summed E-state index contributed by atoms with van der Waals surface area (Å²) in [5, 5.41) is 16.0. The summed E-state index contributed by atoms with van der Waals surface area (Å²) in [6.45, 7) is 3.80. The lowest BCUT2D eigenvalue weighted by Gasteiger charge is -2.27. The first-order valence-electron chi connectivity index (χ1n) is 5.20. The molecule has 1 aromatic heterocycles. The van der Waals surface area contributed by atoms with Crippen molar-refractivity contribution < 1.29 is 5.11 Å². The van der Waals surface area contributed by atoms with Crippen LogP contribution in [0.25, 0.3) is 0 Å². The third-order valence-corrected chi connectivity index (χ3v) is 3.37. The molecule has 1 unspecified atom stereocenters. The lowest BCUT2D eigenvalue weighted by atomic mass is 10.1. The molecule has 0 aliphatic carbocycles. The number of likely N-dealkylation sites (N-methyl/N-ethyl adjacent to an activating group) is 1. The maximum atomic E-state index is 10.0. The Kier molecular flexibility index (Phi) is 5.21. The zero-order chi connectivity index (χ0) is 12.2. The molecule has 92 valence electrons. The number of hydrogen-bond acceptors (Lipinski definition) is 4. The number of rotatable bonds is 6. The van der Waals surface area contributed by atoms with Crippen LogP contribution in [-0.2, 0) is 6.54 Å². The van der Waals surface area contributed by atoms with E-state index in [1.165, 1.54) is 4.88 Å². The van der Waals surface area contributed by atoms with Crippen LogP contribution in [0.3, 0.4) is 0 Å². The average molecular weight is 263 g/mol. The van der Waals surface area contributed by atoms with Crippen molar-refractivity contribution >= 4 is 22.9 Å². The van der Waals surface area contributed by atoms with Gasteiger partial charge >= 0.3 is 0 Å². The summed E-state index contributed by atoms with van der Waals surface area (Å²) in [6, 6.07) is 1.94. The Morgan fingerprint density at radius 1 is 1.56 bits per heavy atom. The van der Waals surface area contributed by atoms with Crippen molar-refractivity contribution in [1.29, 1.82) is 0 Å². The van der Waals surface area contributed by atoms with Gasteiger partial charge in [0.05, 0.1) is 10.6 Å². The molecular formula is C11H19ClN2OS. The van der Waals surface area contributed by atoms with Crippen molar-refractivity contribution in [3.8, 4) is 0 Å². The largest absolute Gasteiger partial charge is 0.388 e. The predicted octanol–water partition coefficient (Wildman–Crippen LogP) is 1.80. The highest BCUT2D eigenvalue weighted by molar-refractivity contribution is 7.10. The Hall–Kier alpha value is -0.130. The van der Waals surface area contributed by atoms with Gasteiger partial charge in [-0.05, 0) is 27.1 Å². The molecule has 0 saturated carbocycles. The smallest absolute Gasteiger partial charge is 0.0869 e. The fourth-order valence-electron chi connectivity index (χ4n) is 1.64.